The summed E-state index contributed by atoms with van der Waals surface area (Å²) in [4.78, 5) is 20.2. The Hall–Kier alpha value is -1.57. The molecule has 0 saturated carbocycles. The minimum Gasteiger partial charge on any atom is -0.387 e. The topological polar surface area (TPSA) is 96.7 Å². The maximum atomic E-state index is 12.7. The van der Waals surface area contributed by atoms with E-state index in [-0.39, 0.29) is 11.9 Å². The molecule has 3 rings (SSSR count). The monoisotopic (exact) mass is 403 g/mol. The number of nitrogens with two attached hydrogens (primary N) is 2. The number of hydrogen-bond acceptors (Lipinski definition) is 6. The zero-order valence-corrected chi connectivity index (χ0v) is 17.6. The fourth-order valence-electron chi connectivity index (χ4n) is 3.98. The van der Waals surface area contributed by atoms with Gasteiger partial charge in [0, 0.05) is 36.9 Å². The molecule has 2 aliphatic heterocycles. The largest absolute Gasteiger partial charge is 0.387 e. The van der Waals surface area contributed by atoms with Crippen LogP contribution < -0.4 is 16.2 Å². The summed E-state index contributed by atoms with van der Waals surface area (Å²) in [6.07, 6.45) is 5.12. The van der Waals surface area contributed by atoms with Crippen LogP contribution in [0.3, 0.4) is 0 Å². The Morgan fingerprint density at radius 1 is 1.36 bits per heavy atom. The molecule has 1 aromatic carbocycles. The highest BCUT2D eigenvalue weighted by Crippen LogP contribution is 2.28. The molecule has 2 heterocycles. The van der Waals surface area contributed by atoms with Gasteiger partial charge in [-0.15, -0.1) is 0 Å². The summed E-state index contributed by atoms with van der Waals surface area (Å²) in [6, 6.07) is 8.31. The summed E-state index contributed by atoms with van der Waals surface area (Å²) in [6.45, 7) is 5.15. The number of aliphatic imine (C=N–C) groups is 1. The van der Waals surface area contributed by atoms with E-state index in [0.29, 0.717) is 11.8 Å². The predicted octanol–water partition coefficient (Wildman–Crippen LogP) is 2.49. The molecule has 7 heteroatoms. The van der Waals surface area contributed by atoms with Crippen LogP contribution in [0.15, 0.2) is 34.2 Å². The molecule has 6 nitrogen and oxygen atoms in total. The van der Waals surface area contributed by atoms with Crippen LogP contribution in [-0.2, 0) is 4.79 Å². The molecule has 5 N–H and O–H groups in total. The number of hydrogen-bond donors (Lipinski definition) is 3. The summed E-state index contributed by atoms with van der Waals surface area (Å²) in [5, 5.41) is 0. The summed E-state index contributed by atoms with van der Waals surface area (Å²) < 4.78 is 3.33. The van der Waals surface area contributed by atoms with Crippen molar-refractivity contribution in [2.75, 3.05) is 26.2 Å². The average Bonchev–Trinajstić information content (AvgIpc) is 2.73. The quantitative estimate of drug-likeness (QED) is 0.608. The smallest absolute Gasteiger partial charge is 0.240 e. The molecular formula is C21H33N5OS. The van der Waals surface area contributed by atoms with E-state index in [1.807, 2.05) is 11.8 Å². The second-order valence-corrected chi connectivity index (χ2v) is 8.84. The van der Waals surface area contributed by atoms with Gasteiger partial charge in [0.25, 0.3) is 0 Å². The van der Waals surface area contributed by atoms with Crippen LogP contribution in [0.25, 0.3) is 0 Å². The van der Waals surface area contributed by atoms with E-state index < -0.39 is 0 Å². The first-order valence-corrected chi connectivity index (χ1v) is 11.2. The van der Waals surface area contributed by atoms with Crippen LogP contribution in [0.2, 0.25) is 0 Å². The number of nitrogens with one attached hydrogen (secondary N) is 1. The lowest BCUT2D eigenvalue weighted by atomic mass is 9.92. The van der Waals surface area contributed by atoms with Gasteiger partial charge >= 0.3 is 0 Å². The molecule has 2 aliphatic rings. The van der Waals surface area contributed by atoms with Gasteiger partial charge < -0.3 is 16.4 Å². The van der Waals surface area contributed by atoms with Gasteiger partial charge in [0.1, 0.15) is 0 Å². The van der Waals surface area contributed by atoms with E-state index in [0.717, 1.165) is 69.0 Å². The number of rotatable bonds is 7. The Labute approximate surface area is 172 Å². The lowest BCUT2D eigenvalue weighted by molar-refractivity contribution is -0.133. The van der Waals surface area contributed by atoms with E-state index in [4.69, 9.17) is 11.5 Å². The highest BCUT2D eigenvalue weighted by atomic mass is 32.2. The van der Waals surface area contributed by atoms with Gasteiger partial charge in [-0.1, -0.05) is 12.1 Å². The van der Waals surface area contributed by atoms with E-state index in [1.165, 1.54) is 17.5 Å². The van der Waals surface area contributed by atoms with Crippen LogP contribution in [0.1, 0.15) is 50.5 Å². The molecular weight excluding hydrogens is 370 g/mol. The first kappa shape index (κ1) is 21.1. The highest BCUT2D eigenvalue weighted by molar-refractivity contribution is 7.97. The number of carbonyl (C=O) groups excluding carboxylic acids is 1. The number of likely N-dealkylation sites (tertiary alicyclic amines) is 1. The zero-order chi connectivity index (χ0) is 19.9. The Bertz CT molecular complexity index is 687. The van der Waals surface area contributed by atoms with E-state index >= 15 is 0 Å². The second kappa shape index (κ2) is 10.3. The first-order valence-electron chi connectivity index (χ1n) is 10.4. The average molecular weight is 404 g/mol. The third kappa shape index (κ3) is 5.72. The summed E-state index contributed by atoms with van der Waals surface area (Å²) >= 11 is 1.53. The third-order valence-electron chi connectivity index (χ3n) is 5.82. The van der Waals surface area contributed by atoms with Crippen molar-refractivity contribution in [3.63, 3.8) is 0 Å². The summed E-state index contributed by atoms with van der Waals surface area (Å²) in [7, 11) is 0. The maximum Gasteiger partial charge on any atom is 0.240 e. The minimum atomic E-state index is -0.209. The predicted molar refractivity (Wildman–Crippen MR) is 116 cm³/mol. The number of amidine groups is 1. The van der Waals surface area contributed by atoms with E-state index in [9.17, 15) is 4.79 Å². The first-order chi connectivity index (χ1) is 13.6. The van der Waals surface area contributed by atoms with E-state index in [2.05, 4.69) is 34.0 Å². The molecule has 0 bridgehead atoms. The van der Waals surface area contributed by atoms with Crippen LogP contribution >= 0.6 is 11.9 Å². The molecule has 0 spiro atoms. The Kier molecular flexibility index (Phi) is 7.76. The van der Waals surface area contributed by atoms with E-state index in [1.54, 1.807) is 0 Å². The van der Waals surface area contributed by atoms with Crippen molar-refractivity contribution in [3.05, 3.63) is 29.8 Å². The number of amides is 1. The SMILES string of the molecule is CC(NSc1cccc(C2CCC(N)=NC2)c1)C(=O)N1CCC(CCN)CC1. The van der Waals surface area contributed by atoms with Crippen LogP contribution in [0, 0.1) is 5.92 Å². The number of carbonyl (C=O) groups is 1. The molecule has 2 unspecified atom stereocenters. The van der Waals surface area contributed by atoms with Crippen molar-refractivity contribution in [1.82, 2.24) is 9.62 Å². The maximum absolute atomic E-state index is 12.7. The van der Waals surface area contributed by atoms with Gasteiger partial charge in [0.15, 0.2) is 0 Å². The van der Waals surface area contributed by atoms with Crippen LogP contribution in [0.4, 0.5) is 0 Å². The van der Waals surface area contributed by atoms with Gasteiger partial charge in [-0.05, 0) is 74.7 Å². The highest BCUT2D eigenvalue weighted by Gasteiger charge is 2.25. The summed E-state index contributed by atoms with van der Waals surface area (Å²) in [5.74, 6) is 2.06. The zero-order valence-electron chi connectivity index (χ0n) is 16.8. The number of benzene rings is 1. The fourth-order valence-corrected chi connectivity index (χ4v) is 4.74. The number of piperidine rings is 1. The molecule has 1 aromatic rings. The van der Waals surface area contributed by atoms with Crippen LogP contribution in [0.5, 0.6) is 0 Å². The standard InChI is InChI=1S/C21H33N5OS/c1-15(21(27)26-11-8-16(7-10-22)9-12-26)25-28-19-4-2-3-17(13-19)18-5-6-20(23)24-14-18/h2-4,13,15-16,18,25H,5-12,14,22H2,1H3,(H2,23,24). The van der Waals surface area contributed by atoms with Gasteiger partial charge in [-0.25, -0.2) is 4.72 Å². The lowest BCUT2D eigenvalue weighted by Crippen LogP contribution is -2.46. The third-order valence-corrected chi connectivity index (χ3v) is 6.78. The van der Waals surface area contributed by atoms with Gasteiger partial charge in [0.05, 0.1) is 11.9 Å². The van der Waals surface area contributed by atoms with Gasteiger partial charge in [-0.3, -0.25) is 9.79 Å². The van der Waals surface area contributed by atoms with Crippen molar-refractivity contribution < 1.29 is 4.79 Å². The normalized spacial score (nSPS) is 22.0. The second-order valence-electron chi connectivity index (χ2n) is 7.93. The van der Waals surface area contributed by atoms with Crippen molar-refractivity contribution in [3.8, 4) is 0 Å². The van der Waals surface area contributed by atoms with Crippen molar-refractivity contribution in [2.45, 2.75) is 55.9 Å². The molecule has 1 amide bonds. The Morgan fingerprint density at radius 2 is 2.14 bits per heavy atom. The molecule has 1 saturated heterocycles. The molecule has 0 aromatic heterocycles. The molecule has 0 aliphatic carbocycles. The molecule has 2 atom stereocenters. The molecule has 154 valence electrons. The minimum absolute atomic E-state index is 0.187. The van der Waals surface area contributed by atoms with Crippen LogP contribution in [-0.4, -0.2) is 48.9 Å². The molecule has 1 fully saturated rings. The molecule has 0 radical (unpaired) electrons. The van der Waals surface area contributed by atoms with Gasteiger partial charge in [0.2, 0.25) is 5.91 Å². The molecule has 28 heavy (non-hydrogen) atoms. The van der Waals surface area contributed by atoms with Crippen molar-refractivity contribution >= 4 is 23.7 Å². The lowest BCUT2D eigenvalue weighted by Gasteiger charge is -2.33. The Balaban J connectivity index is 1.48. The Morgan fingerprint density at radius 3 is 2.82 bits per heavy atom. The van der Waals surface area contributed by atoms with Crippen molar-refractivity contribution in [2.24, 2.45) is 22.4 Å². The van der Waals surface area contributed by atoms with Gasteiger partial charge in [-0.2, -0.15) is 0 Å². The summed E-state index contributed by atoms with van der Waals surface area (Å²) in [5.41, 5.74) is 12.7. The van der Waals surface area contributed by atoms with Crippen molar-refractivity contribution in [1.29, 1.82) is 0 Å². The number of nitrogens with zero attached hydrogens (tertiary/aromatic N) is 2. The fraction of sp³-hybridized carbons (Fsp3) is 0.619.